The van der Waals surface area contributed by atoms with Gasteiger partial charge in [0.15, 0.2) is 11.5 Å². The number of aliphatic imine (C=N–C) groups is 1. The molecule has 44 heavy (non-hydrogen) atoms. The summed E-state index contributed by atoms with van der Waals surface area (Å²) in [7, 11) is 0. The molecular formula is C32H34F2N6O4. The molecule has 10 nitrogen and oxygen atoms in total. The largest absolute Gasteiger partial charge is 0.493 e. The molecule has 2 aliphatic rings. The van der Waals surface area contributed by atoms with Gasteiger partial charge in [0, 0.05) is 44.4 Å². The molecule has 2 bridgehead atoms. The number of ether oxygens (including phenoxy) is 2. The van der Waals surface area contributed by atoms with Crippen molar-refractivity contribution in [1.29, 1.82) is 0 Å². The van der Waals surface area contributed by atoms with Crippen LogP contribution in [0.25, 0.3) is 28.0 Å². The van der Waals surface area contributed by atoms with Crippen LogP contribution in [0.5, 0.6) is 5.75 Å². The Morgan fingerprint density at radius 2 is 1.93 bits per heavy atom. The van der Waals surface area contributed by atoms with E-state index in [1.54, 1.807) is 17.0 Å². The van der Waals surface area contributed by atoms with E-state index in [-0.39, 0.29) is 64.9 Å². The molecule has 0 radical (unpaired) electrons. The Hall–Kier alpha value is -4.87. The lowest BCUT2D eigenvalue weighted by molar-refractivity contribution is -0.126. The Morgan fingerprint density at radius 1 is 1.16 bits per heavy atom. The lowest BCUT2D eigenvalue weighted by Crippen LogP contribution is -2.54. The molecule has 5 rings (SSSR count). The Morgan fingerprint density at radius 3 is 2.64 bits per heavy atom. The molecule has 0 saturated carbocycles. The van der Waals surface area contributed by atoms with Crippen LogP contribution >= 0.6 is 0 Å². The quantitative estimate of drug-likeness (QED) is 0.305. The first-order chi connectivity index (χ1) is 21.2. The maximum absolute atomic E-state index is 16.1. The highest BCUT2D eigenvalue weighted by molar-refractivity contribution is 5.92. The summed E-state index contributed by atoms with van der Waals surface area (Å²) < 4.78 is 44.8. The van der Waals surface area contributed by atoms with Gasteiger partial charge in [-0.1, -0.05) is 26.5 Å². The number of rotatable bonds is 5. The summed E-state index contributed by atoms with van der Waals surface area (Å²) in [6.07, 6.45) is 4.70. The molecule has 2 aliphatic heterocycles. The summed E-state index contributed by atoms with van der Waals surface area (Å²) in [5.41, 5.74) is -0.670. The number of nitrogens with zero attached hydrogens (tertiary/aromatic N) is 6. The number of hydrogen-bond donors (Lipinski definition) is 0. The smallest absolute Gasteiger partial charge is 0.355 e. The Bertz CT molecular complexity index is 1750. The fourth-order valence-corrected chi connectivity index (χ4v) is 5.58. The number of anilines is 1. The molecule has 0 aliphatic carbocycles. The molecule has 2 aromatic heterocycles. The minimum absolute atomic E-state index is 0.0615. The van der Waals surface area contributed by atoms with Gasteiger partial charge in [0.05, 0.1) is 29.9 Å². The summed E-state index contributed by atoms with van der Waals surface area (Å²) >= 11 is 0. The first-order valence-corrected chi connectivity index (χ1v) is 14.4. The third-order valence-electron chi connectivity index (χ3n) is 7.57. The number of carbonyl (C=O) groups excluding carboxylic acids is 1. The number of piperazine rings is 1. The molecule has 1 saturated heterocycles. The van der Waals surface area contributed by atoms with Crippen LogP contribution in [-0.4, -0.2) is 70.9 Å². The lowest BCUT2D eigenvalue weighted by atomic mass is 10.1. The molecular weight excluding hydrogens is 570 g/mol. The van der Waals surface area contributed by atoms with Crippen LogP contribution in [-0.2, 0) is 9.53 Å². The standard InChI is InChI=1S/C32H34F2N6O4/c1-6-26(41)38-13-14-39(20(4)18-38)30-21-17-23(34)28-27-22(33)9-7-10-24(27)43-15-8-16-44-25(11-12-35-5)29(19(2)3)40(31(21)36-28)32(42)37-30/h6-7,9-12,17,19-20H,1,5,8,13-16,18H2,2-4H3/b12-11-,29-25-/t20-/m0/s1. The molecule has 1 fully saturated rings. The number of pyridine rings is 1. The van der Waals surface area contributed by atoms with E-state index in [1.807, 2.05) is 25.7 Å². The van der Waals surface area contributed by atoms with Crippen molar-refractivity contribution in [3.8, 4) is 17.0 Å². The van der Waals surface area contributed by atoms with Gasteiger partial charge in [-0.25, -0.2) is 23.1 Å². The van der Waals surface area contributed by atoms with Crippen LogP contribution in [0, 0.1) is 17.6 Å². The second-order valence-corrected chi connectivity index (χ2v) is 10.8. The predicted octanol–water partition coefficient (Wildman–Crippen LogP) is 4.80. The van der Waals surface area contributed by atoms with Gasteiger partial charge >= 0.3 is 5.69 Å². The van der Waals surface area contributed by atoms with E-state index in [2.05, 4.69) is 28.3 Å². The molecule has 230 valence electrons. The summed E-state index contributed by atoms with van der Waals surface area (Å²) in [6, 6.07) is 5.17. The number of amides is 1. The van der Waals surface area contributed by atoms with Crippen LogP contribution in [0.4, 0.5) is 14.6 Å². The zero-order valence-electron chi connectivity index (χ0n) is 24.9. The molecule has 0 spiro atoms. The van der Waals surface area contributed by atoms with Crippen molar-refractivity contribution >= 4 is 35.2 Å². The van der Waals surface area contributed by atoms with Gasteiger partial charge in [-0.3, -0.25) is 9.79 Å². The first kappa shape index (κ1) is 30.6. The topological polar surface area (TPSA) is 102 Å². The molecule has 3 aromatic rings. The third kappa shape index (κ3) is 5.71. The van der Waals surface area contributed by atoms with Crippen molar-refractivity contribution in [3.63, 3.8) is 0 Å². The summed E-state index contributed by atoms with van der Waals surface area (Å²) in [6.45, 7) is 14.1. The summed E-state index contributed by atoms with van der Waals surface area (Å²) in [5, 5.41) is 0.234. The van der Waals surface area contributed by atoms with Crippen LogP contribution in [0.2, 0.25) is 0 Å². The molecule has 1 atom stereocenters. The van der Waals surface area contributed by atoms with Gasteiger partial charge in [-0.05, 0) is 43.8 Å². The van der Waals surface area contributed by atoms with E-state index in [0.717, 1.165) is 0 Å². The zero-order valence-corrected chi connectivity index (χ0v) is 24.9. The van der Waals surface area contributed by atoms with E-state index in [0.29, 0.717) is 37.5 Å². The fourth-order valence-electron chi connectivity index (χ4n) is 5.58. The number of fused-ring (bicyclic) bond motifs is 3. The Balaban J connectivity index is 1.86. The van der Waals surface area contributed by atoms with Crippen LogP contribution in [0.15, 0.2) is 64.7 Å². The normalized spacial score (nSPS) is 19.2. The molecule has 1 amide bonds. The SMILES string of the molecule is C=CC(=O)N1CCN(c2nc(=O)n3c4nc(c(F)cc24)-c2c(F)cccc2OCCCOC(/C=C\N=C)=C\3C(C)C)[C@@H](C)C1. The Kier molecular flexibility index (Phi) is 8.88. The predicted molar refractivity (Wildman–Crippen MR) is 166 cm³/mol. The zero-order chi connectivity index (χ0) is 31.5. The van der Waals surface area contributed by atoms with Gasteiger partial charge < -0.3 is 19.3 Å². The van der Waals surface area contributed by atoms with Crippen molar-refractivity contribution in [1.82, 2.24) is 19.4 Å². The van der Waals surface area contributed by atoms with E-state index in [9.17, 15) is 9.59 Å². The number of aromatic nitrogens is 3. The van der Waals surface area contributed by atoms with Crippen molar-refractivity contribution in [2.24, 2.45) is 10.9 Å². The second kappa shape index (κ2) is 12.8. The average Bonchev–Trinajstić information content (AvgIpc) is 3.00. The van der Waals surface area contributed by atoms with E-state index in [1.165, 1.54) is 35.0 Å². The number of benzene rings is 1. The minimum atomic E-state index is -0.814. The van der Waals surface area contributed by atoms with Crippen molar-refractivity contribution in [3.05, 3.63) is 77.1 Å². The van der Waals surface area contributed by atoms with E-state index >= 15 is 8.78 Å². The monoisotopic (exact) mass is 604 g/mol. The van der Waals surface area contributed by atoms with E-state index in [4.69, 9.17) is 9.47 Å². The average molecular weight is 605 g/mol. The van der Waals surface area contributed by atoms with Gasteiger partial charge in [0.2, 0.25) is 5.91 Å². The second-order valence-electron chi connectivity index (χ2n) is 10.8. The van der Waals surface area contributed by atoms with Gasteiger partial charge in [-0.15, -0.1) is 0 Å². The van der Waals surface area contributed by atoms with Crippen molar-refractivity contribution < 1.29 is 23.0 Å². The number of allylic oxidation sites excluding steroid dienone is 2. The molecule has 1 aromatic carbocycles. The summed E-state index contributed by atoms with van der Waals surface area (Å²) in [5.74, 6) is -1.40. The van der Waals surface area contributed by atoms with Crippen LogP contribution in [0.1, 0.15) is 27.2 Å². The fraction of sp³-hybridized carbons (Fsp3) is 0.344. The van der Waals surface area contributed by atoms with Crippen LogP contribution < -0.4 is 15.3 Å². The number of hydrogen-bond acceptors (Lipinski definition) is 8. The molecule has 0 unspecified atom stereocenters. The molecule has 4 heterocycles. The maximum atomic E-state index is 16.1. The first-order valence-electron chi connectivity index (χ1n) is 14.4. The van der Waals surface area contributed by atoms with Crippen LogP contribution in [0.3, 0.4) is 0 Å². The van der Waals surface area contributed by atoms with Crippen molar-refractivity contribution in [2.75, 3.05) is 37.7 Å². The summed E-state index contributed by atoms with van der Waals surface area (Å²) in [4.78, 5) is 42.8. The van der Waals surface area contributed by atoms with Gasteiger partial charge in [0.1, 0.15) is 28.8 Å². The number of carbonyl (C=O) groups is 1. The molecule has 0 N–H and O–H groups in total. The highest BCUT2D eigenvalue weighted by Crippen LogP contribution is 2.37. The Labute approximate surface area is 253 Å². The lowest BCUT2D eigenvalue weighted by Gasteiger charge is -2.40. The van der Waals surface area contributed by atoms with Gasteiger partial charge in [0.25, 0.3) is 0 Å². The third-order valence-corrected chi connectivity index (χ3v) is 7.57. The highest BCUT2D eigenvalue weighted by atomic mass is 19.1. The van der Waals surface area contributed by atoms with Gasteiger partial charge in [-0.2, -0.15) is 4.98 Å². The highest BCUT2D eigenvalue weighted by Gasteiger charge is 2.31. The number of halogens is 2. The molecule has 12 heteroatoms. The van der Waals surface area contributed by atoms with E-state index < -0.39 is 17.3 Å². The maximum Gasteiger partial charge on any atom is 0.355 e. The van der Waals surface area contributed by atoms with Crippen molar-refractivity contribution in [2.45, 2.75) is 33.2 Å². The minimum Gasteiger partial charge on any atom is -0.493 e.